The van der Waals surface area contributed by atoms with Gasteiger partial charge in [-0.3, -0.25) is 9.36 Å². The molecule has 0 aliphatic rings. The average molecular weight is 394 g/mol. The maximum absolute atomic E-state index is 12.6. The van der Waals surface area contributed by atoms with Crippen molar-refractivity contribution in [3.05, 3.63) is 80.9 Å². The molecule has 0 N–H and O–H groups in total. The lowest BCUT2D eigenvalue weighted by atomic mass is 10.1. The molecule has 0 bridgehead atoms. The van der Waals surface area contributed by atoms with Crippen LogP contribution in [0.3, 0.4) is 0 Å². The number of esters is 1. The summed E-state index contributed by atoms with van der Waals surface area (Å²) in [6, 6.07) is 14.2. The molecule has 3 aromatic rings. The summed E-state index contributed by atoms with van der Waals surface area (Å²) in [5, 5.41) is 10.0. The first-order valence-corrected chi connectivity index (χ1v) is 8.84. The second-order valence-electron chi connectivity index (χ2n) is 6.04. The number of aromatic nitrogens is 2. The summed E-state index contributed by atoms with van der Waals surface area (Å²) in [7, 11) is 0. The fourth-order valence-electron chi connectivity index (χ4n) is 2.62. The van der Waals surface area contributed by atoms with Crippen molar-refractivity contribution in [3.8, 4) is 6.07 Å². The lowest BCUT2D eigenvalue weighted by Gasteiger charge is -2.10. The van der Waals surface area contributed by atoms with Gasteiger partial charge in [0.05, 0.1) is 17.0 Å². The highest BCUT2D eigenvalue weighted by Crippen LogP contribution is 2.17. The zero-order chi connectivity index (χ0) is 20.1. The van der Waals surface area contributed by atoms with Gasteiger partial charge in [-0.05, 0) is 42.3 Å². The molecule has 6 nitrogen and oxygen atoms in total. The highest BCUT2D eigenvalue weighted by Gasteiger charge is 2.12. The van der Waals surface area contributed by atoms with Gasteiger partial charge in [0.1, 0.15) is 13.2 Å². The van der Waals surface area contributed by atoms with E-state index in [2.05, 4.69) is 4.98 Å². The first kappa shape index (κ1) is 19.3. The van der Waals surface area contributed by atoms with E-state index in [0.29, 0.717) is 15.9 Å². The monoisotopic (exact) mass is 393 g/mol. The van der Waals surface area contributed by atoms with E-state index in [1.54, 1.807) is 36.4 Å². The van der Waals surface area contributed by atoms with Crippen LogP contribution in [-0.4, -0.2) is 15.5 Å². The third-order valence-corrected chi connectivity index (χ3v) is 4.53. The smallest absolute Gasteiger partial charge is 0.331 e. The van der Waals surface area contributed by atoms with E-state index in [1.807, 2.05) is 25.1 Å². The van der Waals surface area contributed by atoms with E-state index >= 15 is 0 Å². The van der Waals surface area contributed by atoms with E-state index in [-0.39, 0.29) is 24.5 Å². The van der Waals surface area contributed by atoms with Crippen molar-refractivity contribution in [1.82, 2.24) is 9.55 Å². The van der Waals surface area contributed by atoms with Crippen LogP contribution in [0, 0.1) is 18.3 Å². The second-order valence-corrected chi connectivity index (χ2v) is 6.45. The minimum Gasteiger partial charge on any atom is -0.454 e. The van der Waals surface area contributed by atoms with Crippen LogP contribution in [0.2, 0.25) is 5.02 Å². The van der Waals surface area contributed by atoms with Crippen molar-refractivity contribution in [2.45, 2.75) is 20.1 Å². The molecule has 0 aliphatic carbocycles. The molecular weight excluding hydrogens is 378 g/mol. The molecule has 1 aromatic heterocycles. The SMILES string of the molecule is Cc1ccc(/C=C/C(=O)OCc2nc3ccccc3c(=O)n2CC#N)cc1Cl. The van der Waals surface area contributed by atoms with Gasteiger partial charge in [0.25, 0.3) is 5.56 Å². The molecular formula is C21H16ClN3O3. The third kappa shape index (κ3) is 4.27. The van der Waals surface area contributed by atoms with E-state index in [4.69, 9.17) is 21.6 Å². The van der Waals surface area contributed by atoms with Crippen LogP contribution in [-0.2, 0) is 22.7 Å². The topological polar surface area (TPSA) is 85.0 Å². The molecule has 0 saturated heterocycles. The molecule has 0 aliphatic heterocycles. The number of halogens is 1. The van der Waals surface area contributed by atoms with E-state index in [9.17, 15) is 9.59 Å². The molecule has 2 aromatic carbocycles. The summed E-state index contributed by atoms with van der Waals surface area (Å²) >= 11 is 6.06. The summed E-state index contributed by atoms with van der Waals surface area (Å²) in [5.41, 5.74) is 1.85. The Morgan fingerprint density at radius 3 is 2.86 bits per heavy atom. The predicted molar refractivity (Wildman–Crippen MR) is 107 cm³/mol. The van der Waals surface area contributed by atoms with Gasteiger partial charge < -0.3 is 4.74 Å². The fourth-order valence-corrected chi connectivity index (χ4v) is 2.81. The number of carbonyl (C=O) groups is 1. The van der Waals surface area contributed by atoms with Crippen LogP contribution in [0.25, 0.3) is 17.0 Å². The third-order valence-electron chi connectivity index (χ3n) is 4.12. The molecule has 0 spiro atoms. The number of carbonyl (C=O) groups excluding carboxylic acids is 1. The summed E-state index contributed by atoms with van der Waals surface area (Å²) in [5.74, 6) is -0.381. The average Bonchev–Trinajstić information content (AvgIpc) is 2.70. The number of aryl methyl sites for hydroxylation is 1. The number of fused-ring (bicyclic) bond motifs is 1. The molecule has 28 heavy (non-hydrogen) atoms. The number of nitrogens with zero attached hydrogens (tertiary/aromatic N) is 3. The second kappa shape index (κ2) is 8.51. The lowest BCUT2D eigenvalue weighted by Crippen LogP contribution is -2.26. The van der Waals surface area contributed by atoms with Crippen LogP contribution >= 0.6 is 11.6 Å². The number of hydrogen-bond acceptors (Lipinski definition) is 5. The van der Waals surface area contributed by atoms with Crippen LogP contribution in [0.15, 0.2) is 53.3 Å². The van der Waals surface area contributed by atoms with Gasteiger partial charge in [0, 0.05) is 11.1 Å². The molecule has 0 fully saturated rings. The molecule has 0 unspecified atom stereocenters. The van der Waals surface area contributed by atoms with Gasteiger partial charge in [-0.15, -0.1) is 0 Å². The number of hydrogen-bond donors (Lipinski definition) is 0. The van der Waals surface area contributed by atoms with Gasteiger partial charge in [-0.2, -0.15) is 5.26 Å². The van der Waals surface area contributed by atoms with Gasteiger partial charge >= 0.3 is 5.97 Å². The van der Waals surface area contributed by atoms with Crippen LogP contribution < -0.4 is 5.56 Å². The summed E-state index contributed by atoms with van der Waals surface area (Å²) < 4.78 is 6.41. The number of benzene rings is 2. The lowest BCUT2D eigenvalue weighted by molar-refractivity contribution is -0.139. The Labute approximate surface area is 166 Å². The number of nitriles is 1. The van der Waals surface area contributed by atoms with Crippen molar-refractivity contribution in [2.24, 2.45) is 0 Å². The molecule has 0 amide bonds. The Hall–Kier alpha value is -3.43. The maximum Gasteiger partial charge on any atom is 0.331 e. The van der Waals surface area contributed by atoms with Crippen molar-refractivity contribution in [3.63, 3.8) is 0 Å². The quantitative estimate of drug-likeness (QED) is 0.488. The highest BCUT2D eigenvalue weighted by molar-refractivity contribution is 6.31. The Kier molecular flexibility index (Phi) is 5.87. The predicted octanol–water partition coefficient (Wildman–Crippen LogP) is 3.64. The molecule has 0 atom stereocenters. The maximum atomic E-state index is 12.6. The van der Waals surface area contributed by atoms with Gasteiger partial charge in [0.2, 0.25) is 0 Å². The summed E-state index contributed by atoms with van der Waals surface area (Å²) in [6.07, 6.45) is 2.86. The minimum atomic E-state index is -0.595. The van der Waals surface area contributed by atoms with Crippen LogP contribution in [0.1, 0.15) is 17.0 Å². The normalized spacial score (nSPS) is 10.9. The first-order chi connectivity index (χ1) is 13.5. The molecule has 0 saturated carbocycles. The van der Waals surface area contributed by atoms with Gasteiger partial charge in [-0.1, -0.05) is 35.9 Å². The summed E-state index contributed by atoms with van der Waals surface area (Å²) in [6.45, 7) is 1.49. The zero-order valence-electron chi connectivity index (χ0n) is 15.1. The van der Waals surface area contributed by atoms with Gasteiger partial charge in [-0.25, -0.2) is 9.78 Å². The van der Waals surface area contributed by atoms with Crippen molar-refractivity contribution >= 4 is 34.5 Å². The van der Waals surface area contributed by atoms with Gasteiger partial charge in [0.15, 0.2) is 5.82 Å². The molecule has 140 valence electrons. The Morgan fingerprint density at radius 1 is 1.32 bits per heavy atom. The number of rotatable bonds is 5. The number of para-hydroxylation sites is 1. The Morgan fingerprint density at radius 2 is 2.11 bits per heavy atom. The standard InChI is InChI=1S/C21H16ClN3O3/c1-14-6-7-15(12-17(14)22)8-9-20(26)28-13-19-24-18-5-3-2-4-16(18)21(27)25(19)11-10-23/h2-9,12H,11,13H2,1H3/b9-8+. The van der Waals surface area contributed by atoms with Crippen molar-refractivity contribution in [1.29, 1.82) is 5.26 Å². The summed E-state index contributed by atoms with van der Waals surface area (Å²) in [4.78, 5) is 29.0. The first-order valence-electron chi connectivity index (χ1n) is 8.46. The minimum absolute atomic E-state index is 0.179. The molecule has 1 heterocycles. The van der Waals surface area contributed by atoms with E-state index in [1.165, 1.54) is 10.6 Å². The Bertz CT molecular complexity index is 1180. The largest absolute Gasteiger partial charge is 0.454 e. The van der Waals surface area contributed by atoms with Crippen LogP contribution in [0.4, 0.5) is 0 Å². The molecule has 7 heteroatoms. The van der Waals surface area contributed by atoms with E-state index in [0.717, 1.165) is 11.1 Å². The highest BCUT2D eigenvalue weighted by atomic mass is 35.5. The van der Waals surface area contributed by atoms with Crippen LogP contribution in [0.5, 0.6) is 0 Å². The Balaban J connectivity index is 1.79. The van der Waals surface area contributed by atoms with Crippen molar-refractivity contribution < 1.29 is 9.53 Å². The van der Waals surface area contributed by atoms with Crippen molar-refractivity contribution in [2.75, 3.05) is 0 Å². The molecule has 0 radical (unpaired) electrons. The number of ether oxygens (including phenoxy) is 1. The van der Waals surface area contributed by atoms with E-state index < -0.39 is 5.97 Å². The molecule has 3 rings (SSSR count). The fraction of sp³-hybridized carbons (Fsp3) is 0.143. The zero-order valence-corrected chi connectivity index (χ0v) is 15.8.